The molecule has 1 aromatic carbocycles. The number of hydrogen-bond donors (Lipinski definition) is 1. The van der Waals surface area contributed by atoms with Crippen LogP contribution in [0, 0.1) is 12.8 Å². The van der Waals surface area contributed by atoms with Gasteiger partial charge in [-0.15, -0.1) is 0 Å². The summed E-state index contributed by atoms with van der Waals surface area (Å²) in [6.45, 7) is 10.1. The quantitative estimate of drug-likeness (QED) is 0.798. The summed E-state index contributed by atoms with van der Waals surface area (Å²) in [6, 6.07) is 5.79. The van der Waals surface area contributed by atoms with E-state index in [1.807, 2.05) is 25.1 Å². The number of aryl methyl sites for hydroxylation is 1. The van der Waals surface area contributed by atoms with Crippen LogP contribution in [0.3, 0.4) is 0 Å². The van der Waals surface area contributed by atoms with Crippen molar-refractivity contribution in [1.82, 2.24) is 9.88 Å². The van der Waals surface area contributed by atoms with Gasteiger partial charge in [0.05, 0.1) is 6.61 Å². The molecule has 2 aromatic rings. The minimum Gasteiger partial charge on any atom is -0.494 e. The third-order valence-electron chi connectivity index (χ3n) is 5.17. The van der Waals surface area contributed by atoms with Crippen LogP contribution in [0.1, 0.15) is 50.8 Å². The second-order valence-corrected chi connectivity index (χ2v) is 7.45. The lowest BCUT2D eigenvalue weighted by Crippen LogP contribution is -2.35. The van der Waals surface area contributed by atoms with Crippen molar-refractivity contribution in [3.05, 3.63) is 39.7 Å². The summed E-state index contributed by atoms with van der Waals surface area (Å²) in [5.41, 5.74) is 2.91. The van der Waals surface area contributed by atoms with Gasteiger partial charge in [0, 0.05) is 35.2 Å². The molecule has 1 N–H and O–H groups in total. The van der Waals surface area contributed by atoms with Gasteiger partial charge < -0.3 is 9.72 Å². The largest absolute Gasteiger partial charge is 0.494 e. The van der Waals surface area contributed by atoms with Gasteiger partial charge in [0.2, 0.25) is 0 Å². The van der Waals surface area contributed by atoms with E-state index in [0.717, 1.165) is 60.4 Å². The van der Waals surface area contributed by atoms with E-state index in [1.54, 1.807) is 0 Å². The van der Waals surface area contributed by atoms with Gasteiger partial charge in [0.15, 0.2) is 5.43 Å². The van der Waals surface area contributed by atoms with E-state index >= 15 is 0 Å². The highest BCUT2D eigenvalue weighted by Gasteiger charge is 2.19. The highest BCUT2D eigenvalue weighted by molar-refractivity contribution is 5.81. The minimum atomic E-state index is 0.144. The van der Waals surface area contributed by atoms with E-state index in [2.05, 4.69) is 23.7 Å². The van der Waals surface area contributed by atoms with Crippen LogP contribution in [0.25, 0.3) is 10.9 Å². The van der Waals surface area contributed by atoms with E-state index < -0.39 is 0 Å². The summed E-state index contributed by atoms with van der Waals surface area (Å²) < 4.78 is 5.78. The number of hydrogen-bond acceptors (Lipinski definition) is 3. The van der Waals surface area contributed by atoms with Gasteiger partial charge in [-0.2, -0.15) is 0 Å². The molecule has 1 fully saturated rings. The van der Waals surface area contributed by atoms with Crippen molar-refractivity contribution < 1.29 is 4.74 Å². The van der Waals surface area contributed by atoms with Crippen LogP contribution in [0.15, 0.2) is 23.0 Å². The zero-order chi connectivity index (χ0) is 17.8. The molecule has 4 heteroatoms. The van der Waals surface area contributed by atoms with Crippen molar-refractivity contribution in [3.8, 4) is 5.75 Å². The molecule has 1 unspecified atom stereocenters. The standard InChI is InChI=1S/C21H30N2O2/c1-4-5-11-25-17-8-9-20-18(12-17)21(24)19(16(3)22-20)14-23-10-6-7-15(2)13-23/h8-9,12,15H,4-7,10-11,13-14H2,1-3H3,(H,22,24). The van der Waals surface area contributed by atoms with Crippen molar-refractivity contribution >= 4 is 10.9 Å². The van der Waals surface area contributed by atoms with E-state index in [-0.39, 0.29) is 5.43 Å². The van der Waals surface area contributed by atoms with Crippen molar-refractivity contribution in [2.75, 3.05) is 19.7 Å². The van der Waals surface area contributed by atoms with Gasteiger partial charge in [-0.05, 0) is 56.8 Å². The van der Waals surface area contributed by atoms with Crippen molar-refractivity contribution in [3.63, 3.8) is 0 Å². The Labute approximate surface area is 150 Å². The third kappa shape index (κ3) is 4.24. The lowest BCUT2D eigenvalue weighted by Gasteiger charge is -2.31. The fraction of sp³-hybridized carbons (Fsp3) is 0.571. The maximum absolute atomic E-state index is 13.1. The van der Waals surface area contributed by atoms with E-state index in [9.17, 15) is 4.79 Å². The van der Waals surface area contributed by atoms with Crippen LogP contribution in [-0.2, 0) is 6.54 Å². The van der Waals surface area contributed by atoms with Gasteiger partial charge >= 0.3 is 0 Å². The van der Waals surface area contributed by atoms with E-state index in [1.165, 1.54) is 12.8 Å². The molecule has 4 nitrogen and oxygen atoms in total. The molecule has 0 spiro atoms. The lowest BCUT2D eigenvalue weighted by atomic mass is 9.99. The predicted octanol–water partition coefficient (Wildman–Crippen LogP) is 4.25. The Morgan fingerprint density at radius 2 is 2.20 bits per heavy atom. The normalized spacial score (nSPS) is 18.6. The molecule has 1 aliphatic heterocycles. The topological polar surface area (TPSA) is 45.3 Å². The highest BCUT2D eigenvalue weighted by atomic mass is 16.5. The fourth-order valence-electron chi connectivity index (χ4n) is 3.70. The third-order valence-corrected chi connectivity index (χ3v) is 5.17. The molecule has 0 saturated carbocycles. The minimum absolute atomic E-state index is 0.144. The summed E-state index contributed by atoms with van der Waals surface area (Å²) in [5, 5.41) is 0.736. The molecule has 1 aromatic heterocycles. The highest BCUT2D eigenvalue weighted by Crippen LogP contribution is 2.21. The van der Waals surface area contributed by atoms with Crippen molar-refractivity contribution in [1.29, 1.82) is 0 Å². The number of H-pyrrole nitrogens is 1. The smallest absolute Gasteiger partial charge is 0.194 e. The van der Waals surface area contributed by atoms with Gasteiger partial charge in [0.1, 0.15) is 5.75 Å². The number of unbranched alkanes of at least 4 members (excludes halogenated alkanes) is 1. The number of piperidine rings is 1. The molecule has 2 heterocycles. The van der Waals surface area contributed by atoms with Crippen LogP contribution < -0.4 is 10.2 Å². The summed E-state index contributed by atoms with van der Waals surface area (Å²) >= 11 is 0. The molecule has 1 atom stereocenters. The van der Waals surface area contributed by atoms with Crippen LogP contribution in [-0.4, -0.2) is 29.6 Å². The monoisotopic (exact) mass is 342 g/mol. The Bertz CT molecular complexity index is 781. The lowest BCUT2D eigenvalue weighted by molar-refractivity contribution is 0.176. The van der Waals surface area contributed by atoms with E-state index in [0.29, 0.717) is 12.5 Å². The van der Waals surface area contributed by atoms with Gasteiger partial charge in [0.25, 0.3) is 0 Å². The number of ether oxygens (including phenoxy) is 1. The Morgan fingerprint density at radius 3 is 2.96 bits per heavy atom. The summed E-state index contributed by atoms with van der Waals surface area (Å²) in [6.07, 6.45) is 4.65. The molecule has 1 saturated heterocycles. The molecule has 0 bridgehead atoms. The SMILES string of the molecule is CCCCOc1ccc2[nH]c(C)c(CN3CCCC(C)C3)c(=O)c2c1. The van der Waals surface area contributed by atoms with Crippen LogP contribution in [0.4, 0.5) is 0 Å². The number of likely N-dealkylation sites (tertiary alicyclic amines) is 1. The van der Waals surface area contributed by atoms with Crippen LogP contribution in [0.2, 0.25) is 0 Å². The number of nitrogens with one attached hydrogen (secondary N) is 1. The zero-order valence-corrected chi connectivity index (χ0v) is 15.7. The predicted molar refractivity (Wildman–Crippen MR) is 103 cm³/mol. The summed E-state index contributed by atoms with van der Waals surface area (Å²) in [5.74, 6) is 1.50. The molecule has 25 heavy (non-hydrogen) atoms. The first-order valence-electron chi connectivity index (χ1n) is 9.59. The van der Waals surface area contributed by atoms with Crippen LogP contribution >= 0.6 is 0 Å². The van der Waals surface area contributed by atoms with Crippen LogP contribution in [0.5, 0.6) is 5.75 Å². The van der Waals surface area contributed by atoms with Gasteiger partial charge in [-0.25, -0.2) is 0 Å². The molecule has 0 radical (unpaired) electrons. The maximum atomic E-state index is 13.1. The number of nitrogens with zero attached hydrogens (tertiary/aromatic N) is 1. The second kappa shape index (κ2) is 8.05. The molecular formula is C21H30N2O2. The number of benzene rings is 1. The Kier molecular flexibility index (Phi) is 5.79. The molecule has 136 valence electrons. The molecule has 3 rings (SSSR count). The van der Waals surface area contributed by atoms with Gasteiger partial charge in [-0.3, -0.25) is 9.69 Å². The summed E-state index contributed by atoms with van der Waals surface area (Å²) in [7, 11) is 0. The summed E-state index contributed by atoms with van der Waals surface area (Å²) in [4.78, 5) is 18.9. The first-order valence-corrected chi connectivity index (χ1v) is 9.59. The molecular weight excluding hydrogens is 312 g/mol. The zero-order valence-electron chi connectivity index (χ0n) is 15.7. The Hall–Kier alpha value is -1.81. The van der Waals surface area contributed by atoms with Crippen molar-refractivity contribution in [2.24, 2.45) is 5.92 Å². The van der Waals surface area contributed by atoms with E-state index in [4.69, 9.17) is 4.74 Å². The number of pyridine rings is 1. The molecule has 0 aliphatic carbocycles. The second-order valence-electron chi connectivity index (χ2n) is 7.45. The molecule has 1 aliphatic rings. The molecule has 0 amide bonds. The maximum Gasteiger partial charge on any atom is 0.194 e. The fourth-order valence-corrected chi connectivity index (χ4v) is 3.70. The average Bonchev–Trinajstić information content (AvgIpc) is 2.59. The number of aromatic amines is 1. The van der Waals surface area contributed by atoms with Crippen molar-refractivity contribution in [2.45, 2.75) is 53.0 Å². The Balaban J connectivity index is 1.88. The van der Waals surface area contributed by atoms with Gasteiger partial charge in [-0.1, -0.05) is 20.3 Å². The number of aromatic nitrogens is 1. The Morgan fingerprint density at radius 1 is 1.36 bits per heavy atom. The number of rotatable bonds is 6. The number of fused-ring (bicyclic) bond motifs is 1. The average molecular weight is 342 g/mol. The first-order chi connectivity index (χ1) is 12.1. The first kappa shape index (κ1) is 18.0.